The number of aromatic hydroxyl groups is 2. The molecular formula is C54H83N17O17. The van der Waals surface area contributed by atoms with E-state index in [0.29, 0.717) is 17.5 Å². The number of amides is 10. The van der Waals surface area contributed by atoms with Crippen LogP contribution < -0.4 is 81.8 Å². The second-order valence-electron chi connectivity index (χ2n) is 20.8. The third kappa shape index (κ3) is 28.4. The van der Waals surface area contributed by atoms with Gasteiger partial charge in [-0.2, -0.15) is 0 Å². The van der Waals surface area contributed by atoms with Crippen LogP contribution in [0.25, 0.3) is 0 Å². The first-order valence-electron chi connectivity index (χ1n) is 27.8. The largest absolute Gasteiger partial charge is 0.508 e. The molecule has 486 valence electrons. The summed E-state index contributed by atoms with van der Waals surface area (Å²) in [5.41, 5.74) is 28.7. The second kappa shape index (κ2) is 37.5. The lowest BCUT2D eigenvalue weighted by molar-refractivity contribution is -0.143. The smallest absolute Gasteiger partial charge is 0.328 e. The molecule has 0 aliphatic rings. The minimum Gasteiger partial charge on any atom is -0.508 e. The van der Waals surface area contributed by atoms with E-state index < -0.39 is 151 Å². The maximum atomic E-state index is 13.9. The number of aliphatic hydroxyl groups excluding tert-OH is 1. The Hall–Kier alpha value is -9.86. The fraction of sp³-hybridized carbons (Fsp3) is 0.519. The normalized spacial score (nSPS) is 14.3. The van der Waals surface area contributed by atoms with Crippen molar-refractivity contribution < 1.29 is 83.1 Å². The molecule has 0 saturated heterocycles. The van der Waals surface area contributed by atoms with Crippen LogP contribution in [0.3, 0.4) is 0 Å². The Labute approximate surface area is 506 Å². The maximum Gasteiger partial charge on any atom is 0.328 e. The zero-order chi connectivity index (χ0) is 66.4. The molecule has 34 heteroatoms. The molecule has 10 amide bonds. The van der Waals surface area contributed by atoms with Crippen molar-refractivity contribution in [1.29, 1.82) is 0 Å². The molecule has 0 aliphatic heterocycles. The van der Waals surface area contributed by atoms with Gasteiger partial charge in [-0.1, -0.05) is 38.1 Å². The van der Waals surface area contributed by atoms with Crippen LogP contribution in [0.5, 0.6) is 11.5 Å². The van der Waals surface area contributed by atoms with E-state index in [1.54, 1.807) is 0 Å². The monoisotopic (exact) mass is 1240 g/mol. The van der Waals surface area contributed by atoms with Crippen molar-refractivity contribution in [2.24, 2.45) is 44.6 Å². The van der Waals surface area contributed by atoms with Gasteiger partial charge in [0.2, 0.25) is 59.1 Å². The molecule has 0 bridgehead atoms. The van der Waals surface area contributed by atoms with Crippen LogP contribution in [0.15, 0.2) is 58.5 Å². The highest BCUT2D eigenvalue weighted by molar-refractivity contribution is 5.99. The first-order valence-corrected chi connectivity index (χ1v) is 27.8. The SMILES string of the molecule is CC(C)C[C@H](N)C(=O)N[C@@H](Cc1ccc(O)cc1)C(=O)N[C@@H](CCCN=C(N)N)C(=O)N[C@@H](C)C(=O)N[C@@H](C)C(=O)NCC(=O)N[C@@H](CC(=O)O)C(=O)N[C@@H](C)C(=O)N[C@@H](Cc1ccc(O)cc1)C(=O)N[C@@H](CCCN=C(N)N)C(=O)N[C@@H](CO)C(=O)O. The lowest BCUT2D eigenvalue weighted by Crippen LogP contribution is -2.59. The zero-order valence-electron chi connectivity index (χ0n) is 49.4. The minimum absolute atomic E-state index is 0.0234. The topological polar surface area (TPSA) is 581 Å². The van der Waals surface area contributed by atoms with Crippen molar-refractivity contribution in [3.05, 3.63) is 59.7 Å². The number of carboxylic acids is 2. The van der Waals surface area contributed by atoms with Crippen LogP contribution in [0.1, 0.15) is 84.3 Å². The fourth-order valence-electron chi connectivity index (χ4n) is 8.00. The van der Waals surface area contributed by atoms with E-state index in [4.69, 9.17) is 28.7 Å². The fourth-order valence-corrected chi connectivity index (χ4v) is 8.00. The standard InChI is InChI=1S/C54H83N17O17/c1-26(2)20-34(55)46(81)70-38(22-31-12-16-33(74)17-13-31)51(86)67-35(8-6-18-60-53(56)57)47(82)64-28(4)44(79)63-27(3)43(78)62-24-41(75)66-39(23-42(76)77)49(84)65-29(5)45(80)69-37(21-30-10-14-32(73)15-11-30)50(85)68-36(9-7-19-61-54(58)59)48(83)71-40(25-72)52(87)88/h10-17,26-29,34-40,72-74H,6-9,18-25,55H2,1-5H3,(H,62,78)(H,63,79)(H,64,82)(H,65,84)(H,66,75)(H,67,86)(H,68,85)(H,69,80)(H,70,81)(H,71,83)(H,76,77)(H,87,88)(H4,56,57,60)(H4,58,59,61)/t27-,28-,29-,34-,35-,36-,37-,38-,39-,40-/m0/s1. The lowest BCUT2D eigenvalue weighted by atomic mass is 10.0. The minimum atomic E-state index is -1.88. The molecule has 0 heterocycles. The lowest BCUT2D eigenvalue weighted by Gasteiger charge is -2.26. The molecule has 88 heavy (non-hydrogen) atoms. The number of aliphatic imine (C=N–C) groups is 2. The summed E-state index contributed by atoms with van der Waals surface area (Å²) in [7, 11) is 0. The number of guanidine groups is 2. The number of carbonyl (C=O) groups excluding carboxylic acids is 10. The number of carbonyl (C=O) groups is 12. The van der Waals surface area contributed by atoms with Crippen LogP contribution >= 0.6 is 0 Å². The summed E-state index contributed by atoms with van der Waals surface area (Å²) in [5.74, 6) is -13.5. The van der Waals surface area contributed by atoms with Crippen molar-refractivity contribution >= 4 is 82.9 Å². The molecular weight excluding hydrogens is 1160 g/mol. The number of hydrogen-bond donors (Lipinski definition) is 20. The number of nitrogens with two attached hydrogens (primary N) is 5. The van der Waals surface area contributed by atoms with Gasteiger partial charge in [-0.3, -0.25) is 62.7 Å². The molecule has 0 fully saturated rings. The molecule has 2 rings (SSSR count). The number of phenolic OH excluding ortho intramolecular Hbond substituents is 2. The van der Waals surface area contributed by atoms with E-state index >= 15 is 0 Å². The predicted molar refractivity (Wildman–Crippen MR) is 315 cm³/mol. The van der Waals surface area contributed by atoms with Crippen molar-refractivity contribution in [2.45, 2.75) is 146 Å². The number of rotatable bonds is 38. The van der Waals surface area contributed by atoms with Gasteiger partial charge in [-0.25, -0.2) is 4.79 Å². The number of hydrogen-bond acceptors (Lipinski definition) is 18. The maximum absolute atomic E-state index is 13.9. The first kappa shape index (κ1) is 74.2. The molecule has 0 aromatic heterocycles. The molecule has 25 N–H and O–H groups in total. The summed E-state index contributed by atoms with van der Waals surface area (Å²) in [6, 6.07) is -3.40. The van der Waals surface area contributed by atoms with E-state index in [1.165, 1.54) is 62.4 Å². The van der Waals surface area contributed by atoms with E-state index in [9.17, 15) is 83.1 Å². The van der Waals surface area contributed by atoms with Crippen LogP contribution in [0.4, 0.5) is 0 Å². The van der Waals surface area contributed by atoms with Crippen LogP contribution in [0.2, 0.25) is 0 Å². The third-order valence-electron chi connectivity index (χ3n) is 12.7. The number of nitrogens with one attached hydrogen (secondary N) is 10. The van der Waals surface area contributed by atoms with E-state index in [2.05, 4.69) is 63.2 Å². The van der Waals surface area contributed by atoms with Gasteiger partial charge < -0.3 is 107 Å². The highest BCUT2D eigenvalue weighted by atomic mass is 16.4. The molecule has 2 aromatic carbocycles. The van der Waals surface area contributed by atoms with E-state index in [0.717, 1.165) is 6.92 Å². The Morgan fingerprint density at radius 1 is 0.466 bits per heavy atom. The molecule has 0 aliphatic carbocycles. The highest BCUT2D eigenvalue weighted by Gasteiger charge is 2.34. The molecule has 0 unspecified atom stereocenters. The Morgan fingerprint density at radius 3 is 1.24 bits per heavy atom. The second-order valence-corrected chi connectivity index (χ2v) is 20.8. The van der Waals surface area contributed by atoms with Gasteiger partial charge in [-0.05, 0) is 94.2 Å². The summed E-state index contributed by atoms with van der Waals surface area (Å²) in [4.78, 5) is 166. The van der Waals surface area contributed by atoms with Gasteiger partial charge in [0.15, 0.2) is 11.9 Å². The van der Waals surface area contributed by atoms with Gasteiger partial charge in [0.05, 0.1) is 25.6 Å². The highest BCUT2D eigenvalue weighted by Crippen LogP contribution is 2.15. The quantitative estimate of drug-likeness (QED) is 0.0169. The molecule has 34 nitrogen and oxygen atoms in total. The first-order chi connectivity index (χ1) is 41.3. The van der Waals surface area contributed by atoms with Gasteiger partial charge in [-0.15, -0.1) is 0 Å². The van der Waals surface area contributed by atoms with E-state index in [-0.39, 0.29) is 81.0 Å². The van der Waals surface area contributed by atoms with Crippen LogP contribution in [-0.2, 0) is 70.4 Å². The number of benzene rings is 2. The average molecular weight is 1240 g/mol. The van der Waals surface area contributed by atoms with Crippen LogP contribution in [0, 0.1) is 5.92 Å². The summed E-state index contributed by atoms with van der Waals surface area (Å²) in [6.07, 6.45) is -1.17. The summed E-state index contributed by atoms with van der Waals surface area (Å²) in [5, 5.41) is 71.8. The Bertz CT molecular complexity index is 2800. The Morgan fingerprint density at radius 2 is 0.830 bits per heavy atom. The van der Waals surface area contributed by atoms with Crippen molar-refractivity contribution in [1.82, 2.24) is 53.2 Å². The number of aliphatic hydroxyl groups is 1. The number of phenols is 2. The number of nitrogens with zero attached hydrogens (tertiary/aromatic N) is 2. The summed E-state index contributed by atoms with van der Waals surface area (Å²) < 4.78 is 0. The molecule has 0 saturated carbocycles. The summed E-state index contributed by atoms with van der Waals surface area (Å²) >= 11 is 0. The molecule has 0 spiro atoms. The van der Waals surface area contributed by atoms with E-state index in [1.807, 2.05) is 13.8 Å². The predicted octanol–water partition coefficient (Wildman–Crippen LogP) is -6.55. The Balaban J connectivity index is 2.18. The summed E-state index contributed by atoms with van der Waals surface area (Å²) in [6.45, 7) is 5.46. The molecule has 10 atom stereocenters. The third-order valence-corrected chi connectivity index (χ3v) is 12.7. The molecule has 2 aromatic rings. The van der Waals surface area contributed by atoms with Gasteiger partial charge >= 0.3 is 11.9 Å². The van der Waals surface area contributed by atoms with Crippen LogP contribution in [-0.4, -0.2) is 195 Å². The Kier molecular flexibility index (Phi) is 31.7. The molecule has 0 radical (unpaired) electrons. The van der Waals surface area contributed by atoms with Gasteiger partial charge in [0.1, 0.15) is 65.9 Å². The zero-order valence-corrected chi connectivity index (χ0v) is 49.4. The average Bonchev–Trinajstić information content (AvgIpc) is 3.49. The number of aliphatic carboxylic acids is 2. The van der Waals surface area contributed by atoms with Gasteiger partial charge in [0.25, 0.3) is 0 Å². The van der Waals surface area contributed by atoms with Crippen molar-refractivity contribution in [3.8, 4) is 11.5 Å². The number of carboxylic acid groups (broad SMARTS) is 2. The van der Waals surface area contributed by atoms with Crippen molar-refractivity contribution in [2.75, 3.05) is 26.2 Å². The van der Waals surface area contributed by atoms with Gasteiger partial charge in [0, 0.05) is 25.9 Å². The van der Waals surface area contributed by atoms with Crippen molar-refractivity contribution in [3.63, 3.8) is 0 Å².